The fraction of sp³-hybridized carbons (Fsp3) is 0.200. The van der Waals surface area contributed by atoms with E-state index in [1.54, 1.807) is 32.0 Å². The molecular formula is C20H17N3O6. The molecule has 148 valence electrons. The van der Waals surface area contributed by atoms with Gasteiger partial charge in [-0.05, 0) is 18.2 Å². The van der Waals surface area contributed by atoms with Crippen LogP contribution in [0.3, 0.4) is 0 Å². The van der Waals surface area contributed by atoms with E-state index in [0.717, 1.165) is 0 Å². The van der Waals surface area contributed by atoms with Gasteiger partial charge in [0.2, 0.25) is 0 Å². The van der Waals surface area contributed by atoms with E-state index in [2.05, 4.69) is 9.97 Å². The topological polar surface area (TPSA) is 122 Å². The number of carbonyl (C=O) groups excluding carboxylic acids is 2. The maximum absolute atomic E-state index is 11.8. The summed E-state index contributed by atoms with van der Waals surface area (Å²) in [5.74, 6) is -1.96. The van der Waals surface area contributed by atoms with Crippen molar-refractivity contribution in [1.29, 1.82) is 0 Å². The van der Waals surface area contributed by atoms with Gasteiger partial charge in [0.05, 0.1) is 27.8 Å². The highest BCUT2D eigenvalue weighted by molar-refractivity contribution is 5.82. The van der Waals surface area contributed by atoms with E-state index in [0.29, 0.717) is 22.3 Å². The SMILES string of the molecule is CCC(=O)Oc1cc(-c2cnc3ccccc3n2)cc([N+](=O)[O-])c1OC(=O)CC. The fourth-order valence-electron chi connectivity index (χ4n) is 2.53. The molecule has 0 aliphatic rings. The second kappa shape index (κ2) is 8.42. The number of rotatable bonds is 6. The molecule has 0 radical (unpaired) electrons. The molecule has 1 aromatic heterocycles. The summed E-state index contributed by atoms with van der Waals surface area (Å²) in [5, 5.41) is 11.6. The molecule has 0 spiro atoms. The predicted octanol–water partition coefficient (Wildman–Crippen LogP) is 3.84. The maximum Gasteiger partial charge on any atom is 0.316 e. The van der Waals surface area contributed by atoms with E-state index >= 15 is 0 Å². The third-order valence-corrected chi connectivity index (χ3v) is 3.99. The first-order valence-corrected chi connectivity index (χ1v) is 8.88. The Morgan fingerprint density at radius 2 is 1.69 bits per heavy atom. The molecule has 0 saturated heterocycles. The minimum absolute atomic E-state index is 0.00375. The van der Waals surface area contributed by atoms with Gasteiger partial charge in [0.25, 0.3) is 5.75 Å². The highest BCUT2D eigenvalue weighted by atomic mass is 16.6. The molecule has 0 N–H and O–H groups in total. The Bertz CT molecular complexity index is 1110. The van der Waals surface area contributed by atoms with Crippen molar-refractivity contribution in [1.82, 2.24) is 9.97 Å². The predicted molar refractivity (Wildman–Crippen MR) is 103 cm³/mol. The molecule has 2 aromatic carbocycles. The molecule has 3 rings (SSSR count). The van der Waals surface area contributed by atoms with Crippen LogP contribution in [-0.4, -0.2) is 26.8 Å². The molecule has 0 amide bonds. The van der Waals surface area contributed by atoms with Gasteiger partial charge in [-0.15, -0.1) is 0 Å². The zero-order chi connectivity index (χ0) is 21.0. The normalized spacial score (nSPS) is 10.6. The second-order valence-corrected chi connectivity index (χ2v) is 5.98. The van der Waals surface area contributed by atoms with Gasteiger partial charge in [-0.2, -0.15) is 0 Å². The number of benzene rings is 2. The fourth-order valence-corrected chi connectivity index (χ4v) is 2.53. The average molecular weight is 395 g/mol. The molecule has 0 aliphatic carbocycles. The molecular weight excluding hydrogens is 378 g/mol. The van der Waals surface area contributed by atoms with Crippen molar-refractivity contribution in [3.63, 3.8) is 0 Å². The minimum atomic E-state index is -0.709. The van der Waals surface area contributed by atoms with E-state index in [1.807, 2.05) is 6.07 Å². The van der Waals surface area contributed by atoms with Crippen LogP contribution in [-0.2, 0) is 9.59 Å². The van der Waals surface area contributed by atoms with Gasteiger partial charge in [-0.3, -0.25) is 24.7 Å². The van der Waals surface area contributed by atoms with E-state index in [-0.39, 0.29) is 18.6 Å². The van der Waals surface area contributed by atoms with Crippen molar-refractivity contribution in [3.05, 3.63) is 52.7 Å². The molecule has 0 aliphatic heterocycles. The minimum Gasteiger partial charge on any atom is -0.422 e. The van der Waals surface area contributed by atoms with Gasteiger partial charge < -0.3 is 9.47 Å². The zero-order valence-electron chi connectivity index (χ0n) is 15.7. The lowest BCUT2D eigenvalue weighted by Gasteiger charge is -2.12. The Hall–Kier alpha value is -3.88. The Morgan fingerprint density at radius 1 is 1.03 bits per heavy atom. The monoisotopic (exact) mass is 395 g/mol. The third kappa shape index (κ3) is 4.34. The van der Waals surface area contributed by atoms with Crippen LogP contribution >= 0.6 is 0 Å². The number of ether oxygens (including phenoxy) is 2. The van der Waals surface area contributed by atoms with Crippen molar-refractivity contribution < 1.29 is 24.0 Å². The Balaban J connectivity index is 2.19. The van der Waals surface area contributed by atoms with Gasteiger partial charge in [0, 0.05) is 24.5 Å². The van der Waals surface area contributed by atoms with Crippen molar-refractivity contribution in [2.24, 2.45) is 0 Å². The summed E-state index contributed by atoms with van der Waals surface area (Å²) < 4.78 is 10.3. The maximum atomic E-state index is 11.8. The van der Waals surface area contributed by atoms with Crippen molar-refractivity contribution in [2.75, 3.05) is 0 Å². The van der Waals surface area contributed by atoms with Crippen LogP contribution in [0.2, 0.25) is 0 Å². The summed E-state index contributed by atoms with van der Waals surface area (Å²) in [7, 11) is 0. The molecule has 29 heavy (non-hydrogen) atoms. The van der Waals surface area contributed by atoms with Gasteiger partial charge in [-0.1, -0.05) is 26.0 Å². The number of nitro benzene ring substituents is 1. The smallest absolute Gasteiger partial charge is 0.316 e. The van der Waals surface area contributed by atoms with E-state index in [1.165, 1.54) is 18.3 Å². The Labute approximate surface area is 165 Å². The lowest BCUT2D eigenvalue weighted by Crippen LogP contribution is -2.12. The van der Waals surface area contributed by atoms with Crippen molar-refractivity contribution in [2.45, 2.75) is 26.7 Å². The largest absolute Gasteiger partial charge is 0.422 e. The van der Waals surface area contributed by atoms with Crippen molar-refractivity contribution in [3.8, 4) is 22.8 Å². The zero-order valence-corrected chi connectivity index (χ0v) is 15.7. The summed E-state index contributed by atoms with van der Waals surface area (Å²) >= 11 is 0. The lowest BCUT2D eigenvalue weighted by atomic mass is 10.1. The number of aromatic nitrogens is 2. The number of fused-ring (bicyclic) bond motifs is 1. The molecule has 0 fully saturated rings. The molecule has 9 nitrogen and oxygen atoms in total. The molecule has 0 unspecified atom stereocenters. The Morgan fingerprint density at radius 3 is 2.34 bits per heavy atom. The first-order valence-electron chi connectivity index (χ1n) is 8.88. The van der Waals surface area contributed by atoms with Crippen LogP contribution in [0.5, 0.6) is 11.5 Å². The number of nitro groups is 1. The third-order valence-electron chi connectivity index (χ3n) is 3.99. The molecule has 9 heteroatoms. The molecule has 3 aromatic rings. The summed E-state index contributed by atoms with van der Waals surface area (Å²) in [6.07, 6.45) is 1.50. The summed E-state index contributed by atoms with van der Waals surface area (Å²) in [6, 6.07) is 9.75. The van der Waals surface area contributed by atoms with Crippen LogP contribution < -0.4 is 9.47 Å². The van der Waals surface area contributed by atoms with Gasteiger partial charge in [0.15, 0.2) is 5.75 Å². The first kappa shape index (κ1) is 19.9. The average Bonchev–Trinajstić information content (AvgIpc) is 2.73. The molecule has 1 heterocycles. The number of para-hydroxylation sites is 2. The number of nitrogens with zero attached hydrogens (tertiary/aromatic N) is 3. The quantitative estimate of drug-likeness (QED) is 0.267. The van der Waals surface area contributed by atoms with E-state index < -0.39 is 28.3 Å². The highest BCUT2D eigenvalue weighted by Gasteiger charge is 2.27. The summed E-state index contributed by atoms with van der Waals surface area (Å²) in [4.78, 5) is 43.3. The molecule has 0 bridgehead atoms. The van der Waals surface area contributed by atoms with Crippen molar-refractivity contribution >= 4 is 28.7 Å². The lowest BCUT2D eigenvalue weighted by molar-refractivity contribution is -0.385. The second-order valence-electron chi connectivity index (χ2n) is 5.98. The van der Waals surface area contributed by atoms with Gasteiger partial charge in [0.1, 0.15) is 0 Å². The van der Waals surface area contributed by atoms with Crippen LogP contribution in [0.1, 0.15) is 26.7 Å². The standard InChI is InChI=1S/C20H17N3O6/c1-3-18(24)28-17-10-12(9-16(23(26)27)20(17)29-19(25)4-2)15-11-21-13-7-5-6-8-14(13)22-15/h5-11H,3-4H2,1-2H3. The first-order chi connectivity index (χ1) is 13.9. The number of hydrogen-bond acceptors (Lipinski definition) is 8. The van der Waals surface area contributed by atoms with E-state index in [9.17, 15) is 19.7 Å². The van der Waals surface area contributed by atoms with Crippen LogP contribution in [0.4, 0.5) is 5.69 Å². The highest BCUT2D eigenvalue weighted by Crippen LogP contribution is 2.41. The molecule has 0 saturated carbocycles. The van der Waals surface area contributed by atoms with Crippen LogP contribution in [0.25, 0.3) is 22.3 Å². The van der Waals surface area contributed by atoms with Gasteiger partial charge >= 0.3 is 17.6 Å². The number of esters is 2. The van der Waals surface area contributed by atoms with E-state index in [4.69, 9.17) is 9.47 Å². The summed E-state index contributed by atoms with van der Waals surface area (Å²) in [6.45, 7) is 3.12. The number of carbonyl (C=O) groups is 2. The molecule has 0 atom stereocenters. The summed E-state index contributed by atoms with van der Waals surface area (Å²) in [5.41, 5.74) is 1.38. The van der Waals surface area contributed by atoms with Crippen LogP contribution in [0.15, 0.2) is 42.6 Å². The Kier molecular flexibility index (Phi) is 5.77. The van der Waals surface area contributed by atoms with Crippen LogP contribution in [0, 0.1) is 10.1 Å². The number of hydrogen-bond donors (Lipinski definition) is 0. The van der Waals surface area contributed by atoms with Gasteiger partial charge in [-0.25, -0.2) is 4.98 Å².